The van der Waals surface area contributed by atoms with Crippen molar-refractivity contribution < 1.29 is 18.3 Å². The molecule has 3 aromatic rings. The molecule has 3 rings (SSSR count). The van der Waals surface area contributed by atoms with Crippen LogP contribution in [-0.4, -0.2) is 18.0 Å². The van der Waals surface area contributed by atoms with E-state index >= 15 is 0 Å². The van der Waals surface area contributed by atoms with Crippen LogP contribution in [0.3, 0.4) is 0 Å². The summed E-state index contributed by atoms with van der Waals surface area (Å²) in [5, 5.41) is 3.24. The number of nitrogens with one attached hydrogen (secondary N) is 1. The zero-order valence-electron chi connectivity index (χ0n) is 13.8. The van der Waals surface area contributed by atoms with E-state index in [1.54, 1.807) is 19.1 Å². The van der Waals surface area contributed by atoms with Gasteiger partial charge in [-0.3, -0.25) is 4.79 Å². The molecule has 6 heteroatoms. The molecule has 0 fully saturated rings. The Labute approximate surface area is 143 Å². The molecule has 1 aromatic heterocycles. The zero-order valence-corrected chi connectivity index (χ0v) is 13.8. The van der Waals surface area contributed by atoms with Crippen molar-refractivity contribution in [3.63, 3.8) is 0 Å². The quantitative estimate of drug-likeness (QED) is 0.785. The van der Waals surface area contributed by atoms with E-state index in [1.165, 1.54) is 37.4 Å². The first-order chi connectivity index (χ1) is 12.0. The lowest BCUT2D eigenvalue weighted by Gasteiger charge is -2.11. The van der Waals surface area contributed by atoms with Crippen LogP contribution in [0.4, 0.5) is 8.78 Å². The molecule has 25 heavy (non-hydrogen) atoms. The standard InChI is InChI=1S/C19H16F2N2O2/c1-11-7-14(21)8-15-17(25-2)9-16(23-18(11)15)19(24)22-10-12-3-5-13(20)6-4-12/h3-9H,10H2,1-2H3,(H,22,24). The Balaban J connectivity index is 1.89. The van der Waals surface area contributed by atoms with Crippen LogP contribution < -0.4 is 10.1 Å². The number of fused-ring (bicyclic) bond motifs is 1. The second-order valence-electron chi connectivity index (χ2n) is 5.64. The first-order valence-electron chi connectivity index (χ1n) is 7.65. The van der Waals surface area contributed by atoms with Gasteiger partial charge in [-0.05, 0) is 42.3 Å². The molecular weight excluding hydrogens is 326 g/mol. The van der Waals surface area contributed by atoms with Crippen LogP contribution in [0.25, 0.3) is 10.9 Å². The van der Waals surface area contributed by atoms with Crippen molar-refractivity contribution in [2.24, 2.45) is 0 Å². The summed E-state index contributed by atoms with van der Waals surface area (Å²) in [6.45, 7) is 1.96. The van der Waals surface area contributed by atoms with Gasteiger partial charge in [-0.1, -0.05) is 12.1 Å². The monoisotopic (exact) mass is 342 g/mol. The number of hydrogen-bond donors (Lipinski definition) is 1. The molecule has 0 aliphatic carbocycles. The summed E-state index contributed by atoms with van der Waals surface area (Å²) in [6, 6.07) is 10.0. The summed E-state index contributed by atoms with van der Waals surface area (Å²) in [5.74, 6) is -0.745. The van der Waals surface area contributed by atoms with Gasteiger partial charge in [0.15, 0.2) is 0 Å². The first kappa shape index (κ1) is 16.8. The average Bonchev–Trinajstić information content (AvgIpc) is 2.60. The number of amides is 1. The van der Waals surface area contributed by atoms with Gasteiger partial charge in [0.25, 0.3) is 5.91 Å². The molecule has 1 N–H and O–H groups in total. The molecule has 0 aliphatic heterocycles. The van der Waals surface area contributed by atoms with E-state index in [2.05, 4.69) is 10.3 Å². The third-order valence-electron chi connectivity index (χ3n) is 3.85. The van der Waals surface area contributed by atoms with Gasteiger partial charge in [0.05, 0.1) is 12.6 Å². The minimum Gasteiger partial charge on any atom is -0.496 e. The van der Waals surface area contributed by atoms with E-state index in [0.29, 0.717) is 22.2 Å². The molecule has 0 saturated carbocycles. The highest BCUT2D eigenvalue weighted by Gasteiger charge is 2.15. The van der Waals surface area contributed by atoms with Crippen LogP contribution in [0.15, 0.2) is 42.5 Å². The zero-order chi connectivity index (χ0) is 18.0. The first-order valence-corrected chi connectivity index (χ1v) is 7.65. The van der Waals surface area contributed by atoms with E-state index in [1.807, 2.05) is 0 Å². The molecule has 128 valence electrons. The number of hydrogen-bond acceptors (Lipinski definition) is 3. The van der Waals surface area contributed by atoms with Gasteiger partial charge >= 0.3 is 0 Å². The SMILES string of the molecule is COc1cc(C(=O)NCc2ccc(F)cc2)nc2c(C)cc(F)cc12. The van der Waals surface area contributed by atoms with Crippen molar-refractivity contribution in [3.8, 4) is 5.75 Å². The molecule has 0 spiro atoms. The Morgan fingerprint density at radius 2 is 1.84 bits per heavy atom. The van der Waals surface area contributed by atoms with Crippen LogP contribution in [0, 0.1) is 18.6 Å². The van der Waals surface area contributed by atoms with Gasteiger partial charge in [-0.25, -0.2) is 13.8 Å². The Hall–Kier alpha value is -3.02. The number of carbonyl (C=O) groups excluding carboxylic acids is 1. The lowest BCUT2D eigenvalue weighted by atomic mass is 10.1. The van der Waals surface area contributed by atoms with Gasteiger partial charge in [0.1, 0.15) is 23.1 Å². The van der Waals surface area contributed by atoms with Crippen molar-refractivity contribution in [3.05, 3.63) is 70.9 Å². The lowest BCUT2D eigenvalue weighted by Crippen LogP contribution is -2.24. The van der Waals surface area contributed by atoms with Crippen LogP contribution in [-0.2, 0) is 6.54 Å². The average molecular weight is 342 g/mol. The molecule has 1 amide bonds. The van der Waals surface area contributed by atoms with Gasteiger partial charge in [-0.15, -0.1) is 0 Å². The number of pyridine rings is 1. The van der Waals surface area contributed by atoms with Crippen molar-refractivity contribution in [2.75, 3.05) is 7.11 Å². The number of aromatic nitrogens is 1. The molecular formula is C19H16F2N2O2. The molecule has 0 atom stereocenters. The number of benzene rings is 2. The van der Waals surface area contributed by atoms with E-state index in [4.69, 9.17) is 4.74 Å². The number of halogens is 2. The van der Waals surface area contributed by atoms with E-state index < -0.39 is 11.7 Å². The van der Waals surface area contributed by atoms with Crippen molar-refractivity contribution in [1.82, 2.24) is 10.3 Å². The highest BCUT2D eigenvalue weighted by Crippen LogP contribution is 2.28. The Morgan fingerprint density at radius 1 is 1.12 bits per heavy atom. The molecule has 0 unspecified atom stereocenters. The second-order valence-corrected chi connectivity index (χ2v) is 5.64. The van der Waals surface area contributed by atoms with Crippen molar-refractivity contribution >= 4 is 16.8 Å². The summed E-state index contributed by atoms with van der Waals surface area (Å²) >= 11 is 0. The summed E-state index contributed by atoms with van der Waals surface area (Å²) in [7, 11) is 1.45. The fourth-order valence-electron chi connectivity index (χ4n) is 2.59. The van der Waals surface area contributed by atoms with Crippen LogP contribution in [0.1, 0.15) is 21.6 Å². The van der Waals surface area contributed by atoms with Crippen molar-refractivity contribution in [1.29, 1.82) is 0 Å². The van der Waals surface area contributed by atoms with E-state index in [9.17, 15) is 13.6 Å². The van der Waals surface area contributed by atoms with E-state index in [0.717, 1.165) is 5.56 Å². The maximum absolute atomic E-state index is 13.6. The molecule has 0 radical (unpaired) electrons. The molecule has 4 nitrogen and oxygen atoms in total. The van der Waals surface area contributed by atoms with Gasteiger partial charge in [0, 0.05) is 18.0 Å². The molecule has 2 aromatic carbocycles. The number of rotatable bonds is 4. The van der Waals surface area contributed by atoms with Crippen LogP contribution >= 0.6 is 0 Å². The molecule has 0 saturated heterocycles. The Bertz CT molecular complexity index is 940. The normalized spacial score (nSPS) is 10.7. The third-order valence-corrected chi connectivity index (χ3v) is 3.85. The van der Waals surface area contributed by atoms with Gasteiger partial charge in [-0.2, -0.15) is 0 Å². The molecule has 1 heterocycles. The largest absolute Gasteiger partial charge is 0.496 e. The highest BCUT2D eigenvalue weighted by molar-refractivity contribution is 5.97. The fraction of sp³-hybridized carbons (Fsp3) is 0.158. The highest BCUT2D eigenvalue weighted by atomic mass is 19.1. The van der Waals surface area contributed by atoms with E-state index in [-0.39, 0.29) is 18.1 Å². The minimum absolute atomic E-state index is 0.168. The van der Waals surface area contributed by atoms with Crippen LogP contribution in [0.5, 0.6) is 5.75 Å². The fourth-order valence-corrected chi connectivity index (χ4v) is 2.59. The summed E-state index contributed by atoms with van der Waals surface area (Å²) in [4.78, 5) is 16.7. The number of aryl methyl sites for hydroxylation is 1. The maximum Gasteiger partial charge on any atom is 0.270 e. The van der Waals surface area contributed by atoms with Crippen LogP contribution in [0.2, 0.25) is 0 Å². The maximum atomic E-state index is 13.6. The second kappa shape index (κ2) is 6.84. The number of ether oxygens (including phenoxy) is 1. The molecule has 0 bridgehead atoms. The smallest absolute Gasteiger partial charge is 0.270 e. The Kier molecular flexibility index (Phi) is 4.61. The number of carbonyl (C=O) groups is 1. The van der Waals surface area contributed by atoms with Crippen molar-refractivity contribution in [2.45, 2.75) is 13.5 Å². The number of methoxy groups -OCH3 is 1. The van der Waals surface area contributed by atoms with Gasteiger partial charge in [0.2, 0.25) is 0 Å². The summed E-state index contributed by atoms with van der Waals surface area (Å²) in [6.07, 6.45) is 0. The third kappa shape index (κ3) is 3.57. The summed E-state index contributed by atoms with van der Waals surface area (Å²) < 4.78 is 31.8. The predicted molar refractivity (Wildman–Crippen MR) is 90.6 cm³/mol. The molecule has 0 aliphatic rings. The minimum atomic E-state index is -0.395. The summed E-state index contributed by atoms with van der Waals surface area (Å²) in [5.41, 5.74) is 2.05. The Morgan fingerprint density at radius 3 is 2.52 bits per heavy atom. The topological polar surface area (TPSA) is 51.2 Å². The van der Waals surface area contributed by atoms with Gasteiger partial charge < -0.3 is 10.1 Å². The number of nitrogens with zero attached hydrogens (tertiary/aromatic N) is 1. The lowest BCUT2D eigenvalue weighted by molar-refractivity contribution is 0.0946. The predicted octanol–water partition coefficient (Wildman–Crippen LogP) is 3.76.